The van der Waals surface area contributed by atoms with Crippen LogP contribution in [0.5, 0.6) is 0 Å². The van der Waals surface area contributed by atoms with Gasteiger partial charge in [0, 0.05) is 7.11 Å². The zero-order valence-corrected chi connectivity index (χ0v) is 11.3. The molecule has 1 aromatic rings. The van der Waals surface area contributed by atoms with Crippen molar-refractivity contribution < 1.29 is 14.1 Å². The van der Waals surface area contributed by atoms with Gasteiger partial charge in [-0.1, -0.05) is 5.16 Å². The van der Waals surface area contributed by atoms with Gasteiger partial charge in [0.05, 0.1) is 25.6 Å². The molecular weight excluding hydrogens is 236 g/mol. The van der Waals surface area contributed by atoms with Crippen LogP contribution < -0.4 is 5.32 Å². The summed E-state index contributed by atoms with van der Waals surface area (Å²) in [7, 11) is 5.31. The van der Waals surface area contributed by atoms with Crippen LogP contribution in [0.3, 0.4) is 0 Å². The molecule has 102 valence electrons. The standard InChI is InChI=1S/C11H20N4O3/c1-8(15(2)3)11(16)12-7-9-13-10(18-14-9)5-6-17-4/h8H,5-7H2,1-4H3,(H,12,16). The fourth-order valence-corrected chi connectivity index (χ4v) is 1.20. The van der Waals surface area contributed by atoms with Crippen molar-refractivity contribution in [3.8, 4) is 0 Å². The Morgan fingerprint density at radius 1 is 1.56 bits per heavy atom. The lowest BCUT2D eigenvalue weighted by Crippen LogP contribution is -2.41. The SMILES string of the molecule is COCCc1nc(CNC(=O)C(C)N(C)C)no1. The molecule has 1 unspecified atom stereocenters. The third kappa shape index (κ3) is 4.42. The topological polar surface area (TPSA) is 80.5 Å². The van der Waals surface area contributed by atoms with Crippen molar-refractivity contribution in [1.29, 1.82) is 0 Å². The van der Waals surface area contributed by atoms with Crippen molar-refractivity contribution in [2.45, 2.75) is 25.9 Å². The summed E-state index contributed by atoms with van der Waals surface area (Å²) < 4.78 is 9.91. The van der Waals surface area contributed by atoms with Crippen molar-refractivity contribution in [2.75, 3.05) is 27.8 Å². The molecule has 0 saturated carbocycles. The van der Waals surface area contributed by atoms with Gasteiger partial charge < -0.3 is 14.6 Å². The molecule has 1 heterocycles. The molecule has 1 atom stereocenters. The van der Waals surface area contributed by atoms with E-state index < -0.39 is 0 Å². The number of hydrogen-bond donors (Lipinski definition) is 1. The largest absolute Gasteiger partial charge is 0.384 e. The lowest BCUT2D eigenvalue weighted by atomic mass is 10.3. The van der Waals surface area contributed by atoms with Gasteiger partial charge in [-0.2, -0.15) is 4.98 Å². The van der Waals surface area contributed by atoms with Crippen LogP contribution in [-0.4, -0.2) is 54.8 Å². The number of nitrogens with zero attached hydrogens (tertiary/aromatic N) is 3. The second kappa shape index (κ2) is 7.07. The molecule has 1 rings (SSSR count). The van der Waals surface area contributed by atoms with Crippen LogP contribution >= 0.6 is 0 Å². The first-order chi connectivity index (χ1) is 8.54. The highest BCUT2D eigenvalue weighted by molar-refractivity contribution is 5.81. The number of likely N-dealkylation sites (N-methyl/N-ethyl adjacent to an activating group) is 1. The Balaban J connectivity index is 2.39. The van der Waals surface area contributed by atoms with Crippen molar-refractivity contribution in [3.63, 3.8) is 0 Å². The van der Waals surface area contributed by atoms with Gasteiger partial charge >= 0.3 is 0 Å². The maximum atomic E-state index is 11.7. The second-order valence-corrected chi connectivity index (χ2v) is 4.20. The van der Waals surface area contributed by atoms with E-state index in [1.165, 1.54) is 0 Å². The number of rotatable bonds is 7. The second-order valence-electron chi connectivity index (χ2n) is 4.20. The molecule has 0 bridgehead atoms. The summed E-state index contributed by atoms with van der Waals surface area (Å²) in [4.78, 5) is 17.6. The van der Waals surface area contributed by atoms with E-state index in [2.05, 4.69) is 15.5 Å². The number of carbonyl (C=O) groups is 1. The monoisotopic (exact) mass is 256 g/mol. The number of aromatic nitrogens is 2. The average molecular weight is 256 g/mol. The fraction of sp³-hybridized carbons (Fsp3) is 0.727. The molecule has 7 heteroatoms. The predicted octanol–water partition coefficient (Wildman–Crippen LogP) is -0.175. The van der Waals surface area contributed by atoms with E-state index in [0.29, 0.717) is 24.7 Å². The number of amides is 1. The van der Waals surface area contributed by atoms with Gasteiger partial charge in [-0.05, 0) is 21.0 Å². The molecule has 7 nitrogen and oxygen atoms in total. The van der Waals surface area contributed by atoms with Crippen LogP contribution in [0.4, 0.5) is 0 Å². The molecule has 1 N–H and O–H groups in total. The summed E-state index contributed by atoms with van der Waals surface area (Å²) in [6.07, 6.45) is 0.575. The Morgan fingerprint density at radius 2 is 2.28 bits per heavy atom. The van der Waals surface area contributed by atoms with Crippen molar-refractivity contribution in [3.05, 3.63) is 11.7 Å². The van der Waals surface area contributed by atoms with Crippen molar-refractivity contribution in [2.24, 2.45) is 0 Å². The zero-order valence-electron chi connectivity index (χ0n) is 11.3. The summed E-state index contributed by atoms with van der Waals surface area (Å²) in [5.41, 5.74) is 0. The highest BCUT2D eigenvalue weighted by atomic mass is 16.5. The maximum absolute atomic E-state index is 11.7. The van der Waals surface area contributed by atoms with Gasteiger partial charge in [0.25, 0.3) is 0 Å². The normalized spacial score (nSPS) is 12.7. The summed E-state index contributed by atoms with van der Waals surface area (Å²) in [5, 5.41) is 6.53. The zero-order chi connectivity index (χ0) is 13.5. The minimum atomic E-state index is -0.190. The van der Waals surface area contributed by atoms with Crippen LogP contribution in [0.1, 0.15) is 18.6 Å². The van der Waals surface area contributed by atoms with Gasteiger partial charge in [0.1, 0.15) is 0 Å². The lowest BCUT2D eigenvalue weighted by molar-refractivity contribution is -0.125. The van der Waals surface area contributed by atoms with Gasteiger partial charge in [0.15, 0.2) is 5.82 Å². The van der Waals surface area contributed by atoms with E-state index in [9.17, 15) is 4.79 Å². The molecule has 0 radical (unpaired) electrons. The first-order valence-electron chi connectivity index (χ1n) is 5.79. The molecule has 18 heavy (non-hydrogen) atoms. The highest BCUT2D eigenvalue weighted by Gasteiger charge is 2.15. The van der Waals surface area contributed by atoms with E-state index in [-0.39, 0.29) is 18.5 Å². The molecule has 1 aromatic heterocycles. The van der Waals surface area contributed by atoms with Gasteiger partial charge in [0.2, 0.25) is 11.8 Å². The third-order valence-electron chi connectivity index (χ3n) is 2.60. The Labute approximate surface area is 106 Å². The summed E-state index contributed by atoms with van der Waals surface area (Å²) in [6.45, 7) is 2.63. The van der Waals surface area contributed by atoms with Crippen LogP contribution in [0.15, 0.2) is 4.52 Å². The van der Waals surface area contributed by atoms with Gasteiger partial charge in [-0.15, -0.1) is 0 Å². The molecule has 0 aliphatic heterocycles. The highest BCUT2D eigenvalue weighted by Crippen LogP contribution is 1.99. The van der Waals surface area contributed by atoms with Crippen LogP contribution in [0.25, 0.3) is 0 Å². The van der Waals surface area contributed by atoms with E-state index in [1.807, 2.05) is 25.9 Å². The molecule has 0 aliphatic rings. The molecule has 0 fully saturated rings. The predicted molar refractivity (Wildman–Crippen MR) is 64.9 cm³/mol. The van der Waals surface area contributed by atoms with E-state index in [1.54, 1.807) is 7.11 Å². The van der Waals surface area contributed by atoms with Crippen molar-refractivity contribution >= 4 is 5.91 Å². The molecule has 0 aliphatic carbocycles. The molecule has 1 amide bonds. The molecular formula is C11H20N4O3. The number of nitrogens with one attached hydrogen (secondary N) is 1. The quantitative estimate of drug-likeness (QED) is 0.729. The first kappa shape index (κ1) is 14.6. The minimum Gasteiger partial charge on any atom is -0.384 e. The number of carbonyl (C=O) groups excluding carboxylic acids is 1. The van der Waals surface area contributed by atoms with E-state index in [4.69, 9.17) is 9.26 Å². The smallest absolute Gasteiger partial charge is 0.237 e. The number of hydrogen-bond acceptors (Lipinski definition) is 6. The number of methoxy groups -OCH3 is 1. The van der Waals surface area contributed by atoms with Crippen molar-refractivity contribution in [1.82, 2.24) is 20.4 Å². The van der Waals surface area contributed by atoms with Gasteiger partial charge in [-0.25, -0.2) is 0 Å². The molecule has 0 spiro atoms. The Bertz CT molecular complexity index is 378. The fourth-order valence-electron chi connectivity index (χ4n) is 1.20. The maximum Gasteiger partial charge on any atom is 0.237 e. The lowest BCUT2D eigenvalue weighted by Gasteiger charge is -2.18. The molecule has 0 saturated heterocycles. The van der Waals surface area contributed by atoms with Crippen LogP contribution in [0.2, 0.25) is 0 Å². The summed E-state index contributed by atoms with van der Waals surface area (Å²) in [6, 6.07) is -0.190. The summed E-state index contributed by atoms with van der Waals surface area (Å²) in [5.74, 6) is 0.922. The van der Waals surface area contributed by atoms with Gasteiger partial charge in [-0.3, -0.25) is 9.69 Å². The average Bonchev–Trinajstić information content (AvgIpc) is 2.80. The number of ether oxygens (including phenoxy) is 1. The van der Waals surface area contributed by atoms with Crippen LogP contribution in [0, 0.1) is 0 Å². The first-order valence-corrected chi connectivity index (χ1v) is 5.79. The minimum absolute atomic E-state index is 0.0664. The summed E-state index contributed by atoms with van der Waals surface area (Å²) >= 11 is 0. The Kier molecular flexibility index (Phi) is 5.73. The van der Waals surface area contributed by atoms with Crippen LogP contribution in [-0.2, 0) is 22.5 Å². The Morgan fingerprint density at radius 3 is 2.89 bits per heavy atom. The Hall–Kier alpha value is -1.47. The molecule has 0 aromatic carbocycles. The third-order valence-corrected chi connectivity index (χ3v) is 2.60. The van der Waals surface area contributed by atoms with E-state index >= 15 is 0 Å². The van der Waals surface area contributed by atoms with E-state index in [0.717, 1.165) is 0 Å².